The van der Waals surface area contributed by atoms with Crippen molar-refractivity contribution in [2.75, 3.05) is 18.5 Å². The lowest BCUT2D eigenvalue weighted by atomic mass is 9.89. The molecule has 0 unspecified atom stereocenters. The predicted octanol–water partition coefficient (Wildman–Crippen LogP) is 4.75. The molecule has 0 radical (unpaired) electrons. The number of hydrogen-bond donors (Lipinski definition) is 1. The maximum atomic E-state index is 14.5. The van der Waals surface area contributed by atoms with Crippen LogP contribution in [-0.2, 0) is 4.74 Å². The molecular formula is C21H22FN3O2S. The zero-order chi connectivity index (χ0) is 18.9. The number of pyridine rings is 1. The van der Waals surface area contributed by atoms with Crippen LogP contribution >= 0.6 is 11.3 Å². The fraction of sp³-hybridized carbons (Fsp3) is 0.429. The predicted molar refractivity (Wildman–Crippen MR) is 108 cm³/mol. The second-order valence-electron chi connectivity index (χ2n) is 7.44. The van der Waals surface area contributed by atoms with Gasteiger partial charge in [-0.05, 0) is 37.0 Å². The number of nitrogens with one attached hydrogen (secondary N) is 1. The van der Waals surface area contributed by atoms with Gasteiger partial charge in [0.1, 0.15) is 11.9 Å². The zero-order valence-corrected chi connectivity index (χ0v) is 16.3. The Kier molecular flexibility index (Phi) is 4.86. The maximum Gasteiger partial charge on any atom is 0.220 e. The third kappa shape index (κ3) is 3.56. The Hall–Kier alpha value is -2.25. The number of aromatic nitrogens is 2. The van der Waals surface area contributed by atoms with Crippen LogP contribution in [-0.4, -0.2) is 35.3 Å². The average Bonchev–Trinajstić information content (AvgIpc) is 3.09. The van der Waals surface area contributed by atoms with Crippen molar-refractivity contribution >= 4 is 26.7 Å². The van der Waals surface area contributed by atoms with E-state index in [4.69, 9.17) is 9.47 Å². The van der Waals surface area contributed by atoms with E-state index < -0.39 is 0 Å². The molecular weight excluding hydrogens is 377 g/mol. The molecule has 0 spiro atoms. The van der Waals surface area contributed by atoms with E-state index in [9.17, 15) is 4.39 Å². The van der Waals surface area contributed by atoms with Gasteiger partial charge in [-0.15, -0.1) is 0 Å². The fourth-order valence-corrected chi connectivity index (χ4v) is 4.87. The molecule has 5 nitrogen and oxygen atoms in total. The van der Waals surface area contributed by atoms with Gasteiger partial charge in [0.2, 0.25) is 5.88 Å². The van der Waals surface area contributed by atoms with Gasteiger partial charge in [0, 0.05) is 38.3 Å². The molecule has 0 atom stereocenters. The molecule has 3 aromatic rings. The lowest BCUT2D eigenvalue weighted by Gasteiger charge is -2.36. The topological polar surface area (TPSA) is 56.3 Å². The molecule has 2 aliphatic rings. The molecule has 1 aromatic carbocycles. The summed E-state index contributed by atoms with van der Waals surface area (Å²) in [4.78, 5) is 8.96. The number of benzene rings is 1. The molecule has 1 aliphatic carbocycles. The third-order valence-corrected chi connectivity index (χ3v) is 6.49. The summed E-state index contributed by atoms with van der Waals surface area (Å²) >= 11 is 1.67. The number of ether oxygens (including phenoxy) is 2. The molecule has 2 fully saturated rings. The van der Waals surface area contributed by atoms with Crippen molar-refractivity contribution < 1.29 is 13.9 Å². The fourth-order valence-electron chi connectivity index (χ4n) is 3.93. The molecule has 0 bridgehead atoms. The third-order valence-electron chi connectivity index (χ3n) is 5.52. The molecule has 7 heteroatoms. The van der Waals surface area contributed by atoms with Gasteiger partial charge >= 0.3 is 0 Å². The Morgan fingerprint density at radius 3 is 2.79 bits per heavy atom. The van der Waals surface area contributed by atoms with Gasteiger partial charge in [-0.1, -0.05) is 23.5 Å². The summed E-state index contributed by atoms with van der Waals surface area (Å²) < 4.78 is 27.2. The van der Waals surface area contributed by atoms with Gasteiger partial charge in [-0.25, -0.2) is 14.4 Å². The number of anilines is 1. The largest absolute Gasteiger partial charge is 0.474 e. The van der Waals surface area contributed by atoms with Gasteiger partial charge in [0.25, 0.3) is 0 Å². The van der Waals surface area contributed by atoms with E-state index in [1.54, 1.807) is 11.3 Å². The van der Waals surface area contributed by atoms with Crippen LogP contribution in [0.5, 0.6) is 5.88 Å². The first kappa shape index (κ1) is 17.8. The summed E-state index contributed by atoms with van der Waals surface area (Å²) in [5, 5.41) is 4.43. The molecule has 146 valence electrons. The van der Waals surface area contributed by atoms with Crippen molar-refractivity contribution in [1.29, 1.82) is 0 Å². The first-order valence-electron chi connectivity index (χ1n) is 9.77. The van der Waals surface area contributed by atoms with Gasteiger partial charge in [0.15, 0.2) is 5.13 Å². The molecule has 1 saturated carbocycles. The lowest BCUT2D eigenvalue weighted by molar-refractivity contribution is 0.0782. The number of nitrogens with zero attached hydrogens (tertiary/aromatic N) is 2. The molecule has 5 rings (SSSR count). The van der Waals surface area contributed by atoms with E-state index in [0.717, 1.165) is 36.3 Å². The van der Waals surface area contributed by atoms with Crippen LogP contribution in [0.15, 0.2) is 36.5 Å². The number of fused-ring (bicyclic) bond motifs is 1. The zero-order valence-electron chi connectivity index (χ0n) is 15.4. The highest BCUT2D eigenvalue weighted by Crippen LogP contribution is 2.37. The van der Waals surface area contributed by atoms with E-state index >= 15 is 0 Å². The number of thiazole rings is 1. The molecule has 3 heterocycles. The Balaban J connectivity index is 1.22. The van der Waals surface area contributed by atoms with E-state index in [0.29, 0.717) is 30.7 Å². The first-order valence-corrected chi connectivity index (χ1v) is 10.6. The van der Waals surface area contributed by atoms with Crippen molar-refractivity contribution in [1.82, 2.24) is 9.97 Å². The van der Waals surface area contributed by atoms with Crippen LogP contribution in [0, 0.1) is 5.82 Å². The van der Waals surface area contributed by atoms with E-state index in [1.165, 1.54) is 17.0 Å². The monoisotopic (exact) mass is 399 g/mol. The summed E-state index contributed by atoms with van der Waals surface area (Å²) in [6.07, 6.45) is 4.89. The molecule has 2 aromatic heterocycles. The normalized spacial score (nSPS) is 22.8. The van der Waals surface area contributed by atoms with Crippen molar-refractivity contribution in [2.24, 2.45) is 0 Å². The Morgan fingerprint density at radius 1 is 1.14 bits per heavy atom. The van der Waals surface area contributed by atoms with E-state index in [1.807, 2.05) is 18.2 Å². The smallest absolute Gasteiger partial charge is 0.220 e. The Bertz CT molecular complexity index is 934. The molecule has 1 saturated heterocycles. The highest BCUT2D eigenvalue weighted by atomic mass is 32.1. The Morgan fingerprint density at radius 2 is 1.96 bits per heavy atom. The second kappa shape index (κ2) is 7.64. The quantitative estimate of drug-likeness (QED) is 0.671. The SMILES string of the molecule is Fc1ccnc(O[C@H]2C[C@H](Nc3nc4ccccc4s3)C2)c1C1CCOCC1. The van der Waals surface area contributed by atoms with Gasteiger partial charge in [-0.2, -0.15) is 0 Å². The molecule has 0 amide bonds. The summed E-state index contributed by atoms with van der Waals surface area (Å²) in [6, 6.07) is 9.89. The van der Waals surface area contributed by atoms with Gasteiger partial charge < -0.3 is 14.8 Å². The highest BCUT2D eigenvalue weighted by molar-refractivity contribution is 7.22. The maximum absolute atomic E-state index is 14.5. The average molecular weight is 399 g/mol. The van der Waals surface area contributed by atoms with Gasteiger partial charge in [-0.3, -0.25) is 0 Å². The minimum absolute atomic E-state index is 0.0553. The second-order valence-corrected chi connectivity index (χ2v) is 8.47. The number of rotatable bonds is 5. The van der Waals surface area contributed by atoms with Crippen molar-refractivity contribution in [3.63, 3.8) is 0 Å². The minimum atomic E-state index is -0.222. The Labute approximate surface area is 166 Å². The van der Waals surface area contributed by atoms with Crippen LogP contribution < -0.4 is 10.1 Å². The summed E-state index contributed by atoms with van der Waals surface area (Å²) in [5.74, 6) is 0.352. The van der Waals surface area contributed by atoms with Crippen LogP contribution in [0.25, 0.3) is 10.2 Å². The highest BCUT2D eigenvalue weighted by Gasteiger charge is 2.33. The van der Waals surface area contributed by atoms with Crippen molar-refractivity contribution in [3.8, 4) is 5.88 Å². The van der Waals surface area contributed by atoms with Crippen LogP contribution in [0.2, 0.25) is 0 Å². The van der Waals surface area contributed by atoms with Crippen molar-refractivity contribution in [3.05, 3.63) is 47.9 Å². The number of para-hydroxylation sites is 1. The van der Waals surface area contributed by atoms with Crippen LogP contribution in [0.3, 0.4) is 0 Å². The lowest BCUT2D eigenvalue weighted by Crippen LogP contribution is -2.42. The summed E-state index contributed by atoms with van der Waals surface area (Å²) in [6.45, 7) is 1.33. The minimum Gasteiger partial charge on any atom is -0.474 e. The summed E-state index contributed by atoms with van der Waals surface area (Å²) in [5.41, 5.74) is 1.64. The van der Waals surface area contributed by atoms with E-state index in [-0.39, 0.29) is 17.8 Å². The van der Waals surface area contributed by atoms with Crippen LogP contribution in [0.1, 0.15) is 37.2 Å². The molecule has 1 N–H and O–H groups in total. The standard InChI is InChI=1S/C21H22FN3O2S/c22-16-5-8-23-20(19(16)13-6-9-26-10-7-13)27-15-11-14(12-15)24-21-25-17-3-1-2-4-18(17)28-21/h1-5,8,13-15H,6-7,9-12H2,(H,24,25)/t14-,15-. The van der Waals surface area contributed by atoms with Crippen LogP contribution in [0.4, 0.5) is 9.52 Å². The van der Waals surface area contributed by atoms with Gasteiger partial charge in [0.05, 0.1) is 15.8 Å². The van der Waals surface area contributed by atoms with Crippen molar-refractivity contribution in [2.45, 2.75) is 43.7 Å². The molecule has 28 heavy (non-hydrogen) atoms. The number of hydrogen-bond acceptors (Lipinski definition) is 6. The molecule has 1 aliphatic heterocycles. The van der Waals surface area contributed by atoms with E-state index in [2.05, 4.69) is 21.4 Å². The summed E-state index contributed by atoms with van der Waals surface area (Å²) in [7, 11) is 0. The first-order chi connectivity index (χ1) is 13.8. The number of halogens is 1.